The molecule has 0 atom stereocenters. The monoisotopic (exact) mass is 340 g/mol. The molecule has 0 spiro atoms. The van der Waals surface area contributed by atoms with Gasteiger partial charge in [-0.25, -0.2) is 0 Å². The van der Waals surface area contributed by atoms with Crippen LogP contribution < -0.4 is 5.32 Å². The summed E-state index contributed by atoms with van der Waals surface area (Å²) >= 11 is 3.52. The van der Waals surface area contributed by atoms with Crippen molar-refractivity contribution in [3.8, 4) is 0 Å². The Morgan fingerprint density at radius 2 is 1.86 bits per heavy atom. The quantitative estimate of drug-likeness (QED) is 0.706. The van der Waals surface area contributed by atoms with Crippen LogP contribution in [0.4, 0.5) is 5.69 Å². The van der Waals surface area contributed by atoms with Gasteiger partial charge in [-0.2, -0.15) is 0 Å². The zero-order chi connectivity index (χ0) is 14.8. The van der Waals surface area contributed by atoms with Crippen molar-refractivity contribution in [2.75, 3.05) is 5.32 Å². The van der Waals surface area contributed by atoms with Gasteiger partial charge in [0.25, 0.3) is 0 Å². The number of pyridine rings is 1. The summed E-state index contributed by atoms with van der Waals surface area (Å²) in [6.45, 7) is 4.95. The molecule has 0 saturated heterocycles. The van der Waals surface area contributed by atoms with Gasteiger partial charge in [0.1, 0.15) is 0 Å². The van der Waals surface area contributed by atoms with Crippen LogP contribution in [0.25, 0.3) is 10.9 Å². The molecule has 2 aromatic carbocycles. The highest BCUT2D eigenvalue weighted by Gasteiger charge is 2.05. The third-order valence-corrected chi connectivity index (χ3v) is 4.09. The van der Waals surface area contributed by atoms with Crippen molar-refractivity contribution >= 4 is 32.5 Å². The summed E-state index contributed by atoms with van der Waals surface area (Å²) in [6, 6.07) is 16.7. The number of aromatic nitrogens is 1. The highest BCUT2D eigenvalue weighted by Crippen LogP contribution is 2.23. The fourth-order valence-electron chi connectivity index (χ4n) is 2.52. The van der Waals surface area contributed by atoms with Crippen LogP contribution in [-0.4, -0.2) is 4.98 Å². The van der Waals surface area contributed by atoms with Gasteiger partial charge in [0.2, 0.25) is 0 Å². The summed E-state index contributed by atoms with van der Waals surface area (Å²) in [6.07, 6.45) is 0. The predicted molar refractivity (Wildman–Crippen MR) is 92.7 cm³/mol. The van der Waals surface area contributed by atoms with E-state index in [-0.39, 0.29) is 0 Å². The van der Waals surface area contributed by atoms with E-state index >= 15 is 0 Å². The second-order valence-electron chi connectivity index (χ2n) is 5.25. The first kappa shape index (κ1) is 14.1. The minimum Gasteiger partial charge on any atom is -0.381 e. The van der Waals surface area contributed by atoms with Gasteiger partial charge in [-0.05, 0) is 49.2 Å². The standard InChI is InChI=1S/C18H17BrN2/c1-12-7-8-15(19)10-18(12)20-11-14-9-13(2)21-17-6-4-3-5-16(14)17/h3-10,20H,11H2,1-2H3. The molecule has 0 bridgehead atoms. The average Bonchev–Trinajstić information content (AvgIpc) is 2.47. The minimum atomic E-state index is 0.793. The van der Waals surface area contributed by atoms with E-state index in [0.29, 0.717) is 0 Å². The Balaban J connectivity index is 1.93. The van der Waals surface area contributed by atoms with E-state index in [0.717, 1.165) is 27.9 Å². The van der Waals surface area contributed by atoms with Gasteiger partial charge in [0.05, 0.1) is 5.52 Å². The van der Waals surface area contributed by atoms with E-state index in [9.17, 15) is 0 Å². The fourth-order valence-corrected chi connectivity index (χ4v) is 2.88. The van der Waals surface area contributed by atoms with Crippen LogP contribution in [-0.2, 0) is 6.54 Å². The Kier molecular flexibility index (Phi) is 3.93. The van der Waals surface area contributed by atoms with E-state index in [1.54, 1.807) is 0 Å². The molecule has 0 radical (unpaired) electrons. The lowest BCUT2D eigenvalue weighted by atomic mass is 10.1. The summed E-state index contributed by atoms with van der Waals surface area (Å²) in [5.41, 5.74) is 5.78. The van der Waals surface area contributed by atoms with Gasteiger partial charge in [0, 0.05) is 27.8 Å². The van der Waals surface area contributed by atoms with Gasteiger partial charge in [-0.15, -0.1) is 0 Å². The average molecular weight is 341 g/mol. The molecule has 3 rings (SSSR count). The lowest BCUT2D eigenvalue weighted by Gasteiger charge is -2.12. The molecule has 0 aliphatic heterocycles. The van der Waals surface area contributed by atoms with Crippen molar-refractivity contribution in [3.63, 3.8) is 0 Å². The van der Waals surface area contributed by atoms with Gasteiger partial charge in [-0.1, -0.05) is 40.2 Å². The lowest BCUT2D eigenvalue weighted by molar-refractivity contribution is 1.12. The number of hydrogen-bond donors (Lipinski definition) is 1. The molecule has 0 aliphatic carbocycles. The number of benzene rings is 2. The fraction of sp³-hybridized carbons (Fsp3) is 0.167. The van der Waals surface area contributed by atoms with E-state index in [4.69, 9.17) is 0 Å². The molecule has 0 amide bonds. The zero-order valence-electron chi connectivity index (χ0n) is 12.2. The van der Waals surface area contributed by atoms with Crippen molar-refractivity contribution in [2.45, 2.75) is 20.4 Å². The Morgan fingerprint density at radius 1 is 1.05 bits per heavy atom. The van der Waals surface area contributed by atoms with E-state index in [1.807, 2.05) is 13.0 Å². The number of fused-ring (bicyclic) bond motifs is 1. The number of anilines is 1. The van der Waals surface area contributed by atoms with Crippen molar-refractivity contribution in [1.29, 1.82) is 0 Å². The van der Waals surface area contributed by atoms with Crippen molar-refractivity contribution in [1.82, 2.24) is 4.98 Å². The number of nitrogens with zero attached hydrogens (tertiary/aromatic N) is 1. The Morgan fingerprint density at radius 3 is 2.71 bits per heavy atom. The zero-order valence-corrected chi connectivity index (χ0v) is 13.7. The highest BCUT2D eigenvalue weighted by atomic mass is 79.9. The van der Waals surface area contributed by atoms with Gasteiger partial charge in [0.15, 0.2) is 0 Å². The molecular formula is C18H17BrN2. The molecule has 2 nitrogen and oxygen atoms in total. The Labute approximate surface area is 133 Å². The van der Waals surface area contributed by atoms with Crippen LogP contribution in [0, 0.1) is 13.8 Å². The summed E-state index contributed by atoms with van der Waals surface area (Å²) in [7, 11) is 0. The smallest absolute Gasteiger partial charge is 0.0708 e. The van der Waals surface area contributed by atoms with Crippen LogP contribution in [0.3, 0.4) is 0 Å². The molecule has 0 aliphatic rings. The number of para-hydroxylation sites is 1. The number of halogens is 1. The maximum atomic E-state index is 4.59. The van der Waals surface area contributed by atoms with E-state index in [2.05, 4.69) is 75.6 Å². The number of rotatable bonds is 3. The first-order valence-corrected chi connectivity index (χ1v) is 7.78. The molecule has 0 unspecified atom stereocenters. The van der Waals surface area contributed by atoms with Crippen LogP contribution in [0.15, 0.2) is 53.0 Å². The second kappa shape index (κ2) is 5.86. The SMILES string of the molecule is Cc1cc(CNc2cc(Br)ccc2C)c2ccccc2n1. The summed E-state index contributed by atoms with van der Waals surface area (Å²) in [5, 5.41) is 4.74. The molecule has 1 N–H and O–H groups in total. The second-order valence-corrected chi connectivity index (χ2v) is 6.17. The van der Waals surface area contributed by atoms with Gasteiger partial charge >= 0.3 is 0 Å². The molecule has 21 heavy (non-hydrogen) atoms. The number of hydrogen-bond acceptors (Lipinski definition) is 2. The maximum Gasteiger partial charge on any atom is 0.0708 e. The third-order valence-electron chi connectivity index (χ3n) is 3.60. The minimum absolute atomic E-state index is 0.793. The van der Waals surface area contributed by atoms with Crippen LogP contribution >= 0.6 is 15.9 Å². The van der Waals surface area contributed by atoms with E-state index in [1.165, 1.54) is 16.5 Å². The van der Waals surface area contributed by atoms with Crippen molar-refractivity contribution < 1.29 is 0 Å². The number of nitrogens with one attached hydrogen (secondary N) is 1. The van der Waals surface area contributed by atoms with Gasteiger partial charge < -0.3 is 5.32 Å². The molecule has 0 saturated carbocycles. The molecule has 1 aromatic heterocycles. The Hall–Kier alpha value is -1.87. The first-order chi connectivity index (χ1) is 10.1. The summed E-state index contributed by atoms with van der Waals surface area (Å²) in [5.74, 6) is 0. The normalized spacial score (nSPS) is 10.8. The van der Waals surface area contributed by atoms with Crippen molar-refractivity contribution in [2.24, 2.45) is 0 Å². The lowest BCUT2D eigenvalue weighted by Crippen LogP contribution is -2.03. The maximum absolute atomic E-state index is 4.59. The summed E-state index contributed by atoms with van der Waals surface area (Å²) in [4.78, 5) is 4.59. The molecule has 3 heteroatoms. The topological polar surface area (TPSA) is 24.9 Å². The predicted octanol–water partition coefficient (Wildman–Crippen LogP) is 5.23. The molecule has 3 aromatic rings. The molecule has 0 fully saturated rings. The first-order valence-electron chi connectivity index (χ1n) is 6.99. The molecular weight excluding hydrogens is 324 g/mol. The van der Waals surface area contributed by atoms with E-state index < -0.39 is 0 Å². The molecule has 106 valence electrons. The van der Waals surface area contributed by atoms with Crippen molar-refractivity contribution in [3.05, 3.63) is 69.8 Å². The third kappa shape index (κ3) is 3.08. The van der Waals surface area contributed by atoms with Crippen LogP contribution in [0.1, 0.15) is 16.8 Å². The highest BCUT2D eigenvalue weighted by molar-refractivity contribution is 9.10. The largest absolute Gasteiger partial charge is 0.381 e. The van der Waals surface area contributed by atoms with Gasteiger partial charge in [-0.3, -0.25) is 4.98 Å². The van der Waals surface area contributed by atoms with Crippen LogP contribution in [0.5, 0.6) is 0 Å². The molecule has 1 heterocycles. The number of aryl methyl sites for hydroxylation is 2. The van der Waals surface area contributed by atoms with Crippen LogP contribution in [0.2, 0.25) is 0 Å². The summed E-state index contributed by atoms with van der Waals surface area (Å²) < 4.78 is 1.09. The Bertz CT molecular complexity index is 796.